The van der Waals surface area contributed by atoms with Gasteiger partial charge < -0.3 is 5.73 Å². The fraction of sp³-hybridized carbons (Fsp3) is 0.188. The lowest BCUT2D eigenvalue weighted by Crippen LogP contribution is -2.03. The van der Waals surface area contributed by atoms with Gasteiger partial charge in [-0.1, -0.05) is 22.0 Å². The Balaban J connectivity index is 1.99. The Bertz CT molecular complexity index is 860. The highest BCUT2D eigenvalue weighted by molar-refractivity contribution is 9.10. The highest BCUT2D eigenvalue weighted by atomic mass is 79.9. The monoisotopic (exact) mass is 340 g/mol. The molecule has 104 valence electrons. The number of halogens is 1. The fourth-order valence-corrected chi connectivity index (χ4v) is 3.35. The molecule has 1 aromatic carbocycles. The van der Waals surface area contributed by atoms with Crippen LogP contribution in [0, 0.1) is 0 Å². The van der Waals surface area contributed by atoms with Crippen LogP contribution in [0.1, 0.15) is 17.7 Å². The number of nitrogens with zero attached hydrogens (tertiary/aromatic N) is 3. The van der Waals surface area contributed by atoms with Gasteiger partial charge in [-0.25, -0.2) is 9.97 Å². The Kier molecular flexibility index (Phi) is 2.89. The Labute approximate surface area is 130 Å². The van der Waals surface area contributed by atoms with Crippen molar-refractivity contribution in [3.05, 3.63) is 46.2 Å². The molecular formula is C16H13BrN4. The molecule has 0 saturated carbocycles. The maximum absolute atomic E-state index is 6.10. The van der Waals surface area contributed by atoms with E-state index in [-0.39, 0.29) is 0 Å². The van der Waals surface area contributed by atoms with Crippen LogP contribution in [0.3, 0.4) is 0 Å². The molecule has 0 radical (unpaired) electrons. The summed E-state index contributed by atoms with van der Waals surface area (Å²) >= 11 is 3.56. The van der Waals surface area contributed by atoms with E-state index in [4.69, 9.17) is 10.7 Å². The molecule has 1 aliphatic carbocycles. The molecule has 0 atom stereocenters. The van der Waals surface area contributed by atoms with Gasteiger partial charge in [0.2, 0.25) is 0 Å². The second kappa shape index (κ2) is 4.77. The van der Waals surface area contributed by atoms with Gasteiger partial charge in [0.25, 0.3) is 0 Å². The van der Waals surface area contributed by atoms with Crippen LogP contribution in [-0.2, 0) is 12.8 Å². The molecule has 2 heterocycles. The van der Waals surface area contributed by atoms with Gasteiger partial charge in [0.15, 0.2) is 5.82 Å². The third-order valence-electron chi connectivity index (χ3n) is 3.92. The Morgan fingerprint density at radius 3 is 2.90 bits per heavy atom. The second-order valence-corrected chi connectivity index (χ2v) is 6.06. The Hall–Kier alpha value is -2.01. The first-order chi connectivity index (χ1) is 10.2. The van der Waals surface area contributed by atoms with Gasteiger partial charge in [-0.15, -0.1) is 0 Å². The smallest absolute Gasteiger partial charge is 0.163 e. The van der Waals surface area contributed by atoms with Crippen molar-refractivity contribution in [3.8, 4) is 11.4 Å². The number of benzene rings is 1. The van der Waals surface area contributed by atoms with Crippen LogP contribution < -0.4 is 5.73 Å². The standard InChI is InChI=1S/C16H13BrN4/c17-12-7-6-11(14-9(12)4-2-8-19-14)16-20-13-5-1-3-10(13)15(18)21-16/h2,4,6-8H,1,3,5H2,(H2,18,20,21). The summed E-state index contributed by atoms with van der Waals surface area (Å²) in [6, 6.07) is 7.96. The van der Waals surface area contributed by atoms with Gasteiger partial charge in [-0.3, -0.25) is 4.98 Å². The minimum Gasteiger partial charge on any atom is -0.383 e. The summed E-state index contributed by atoms with van der Waals surface area (Å²) in [6.45, 7) is 0. The maximum atomic E-state index is 6.10. The lowest BCUT2D eigenvalue weighted by molar-refractivity contribution is 0.900. The van der Waals surface area contributed by atoms with Gasteiger partial charge in [0.05, 0.1) is 5.52 Å². The Morgan fingerprint density at radius 1 is 1.10 bits per heavy atom. The van der Waals surface area contributed by atoms with Crippen LogP contribution in [0.15, 0.2) is 34.9 Å². The quantitative estimate of drug-likeness (QED) is 0.735. The van der Waals surface area contributed by atoms with Gasteiger partial charge in [-0.2, -0.15) is 0 Å². The van der Waals surface area contributed by atoms with Gasteiger partial charge in [0, 0.05) is 32.9 Å². The molecule has 0 aliphatic heterocycles. The van der Waals surface area contributed by atoms with Crippen molar-refractivity contribution < 1.29 is 0 Å². The summed E-state index contributed by atoms with van der Waals surface area (Å²) < 4.78 is 1.02. The highest BCUT2D eigenvalue weighted by Gasteiger charge is 2.19. The van der Waals surface area contributed by atoms with E-state index in [1.807, 2.05) is 24.3 Å². The molecule has 0 amide bonds. The summed E-state index contributed by atoms with van der Waals surface area (Å²) in [5.74, 6) is 1.28. The number of nitrogens with two attached hydrogens (primary N) is 1. The molecule has 0 bridgehead atoms. The molecule has 0 spiro atoms. The van der Waals surface area contributed by atoms with E-state index in [2.05, 4.69) is 25.9 Å². The van der Waals surface area contributed by atoms with Crippen LogP contribution >= 0.6 is 15.9 Å². The van der Waals surface area contributed by atoms with Crippen molar-refractivity contribution in [2.24, 2.45) is 0 Å². The number of aryl methyl sites for hydroxylation is 1. The van der Waals surface area contributed by atoms with Gasteiger partial charge in [-0.05, 0) is 37.5 Å². The predicted octanol–water partition coefficient (Wildman–Crippen LogP) is 3.53. The van der Waals surface area contributed by atoms with E-state index >= 15 is 0 Å². The molecular weight excluding hydrogens is 328 g/mol. The number of anilines is 1. The van der Waals surface area contributed by atoms with E-state index in [0.717, 1.165) is 51.5 Å². The van der Waals surface area contributed by atoms with Crippen LogP contribution in [-0.4, -0.2) is 15.0 Å². The number of aromatic nitrogens is 3. The maximum Gasteiger partial charge on any atom is 0.163 e. The summed E-state index contributed by atoms with van der Waals surface area (Å²) in [7, 11) is 0. The molecule has 4 nitrogen and oxygen atoms in total. The molecule has 0 fully saturated rings. The second-order valence-electron chi connectivity index (χ2n) is 5.21. The van der Waals surface area contributed by atoms with Crippen LogP contribution in [0.4, 0.5) is 5.82 Å². The van der Waals surface area contributed by atoms with E-state index in [1.165, 1.54) is 0 Å². The van der Waals surface area contributed by atoms with E-state index < -0.39 is 0 Å². The fourth-order valence-electron chi connectivity index (χ4n) is 2.90. The zero-order valence-corrected chi connectivity index (χ0v) is 12.9. The lowest BCUT2D eigenvalue weighted by atomic mass is 10.1. The molecule has 0 unspecified atom stereocenters. The first-order valence-electron chi connectivity index (χ1n) is 6.93. The van der Waals surface area contributed by atoms with Crippen molar-refractivity contribution in [2.75, 3.05) is 5.73 Å². The van der Waals surface area contributed by atoms with Crippen LogP contribution in [0.5, 0.6) is 0 Å². The lowest BCUT2D eigenvalue weighted by Gasteiger charge is -2.09. The van der Waals surface area contributed by atoms with Crippen LogP contribution in [0.2, 0.25) is 0 Å². The number of pyridine rings is 1. The minimum atomic E-state index is 0.611. The van der Waals surface area contributed by atoms with Crippen LogP contribution in [0.25, 0.3) is 22.3 Å². The van der Waals surface area contributed by atoms with Gasteiger partial charge in [0.1, 0.15) is 5.82 Å². The molecule has 2 aromatic heterocycles. The molecule has 2 N–H and O–H groups in total. The average Bonchev–Trinajstić information content (AvgIpc) is 2.97. The third kappa shape index (κ3) is 2.00. The predicted molar refractivity (Wildman–Crippen MR) is 86.9 cm³/mol. The summed E-state index contributed by atoms with van der Waals surface area (Å²) in [5, 5.41) is 1.05. The molecule has 21 heavy (non-hydrogen) atoms. The van der Waals surface area contributed by atoms with Crippen molar-refractivity contribution in [3.63, 3.8) is 0 Å². The first kappa shape index (κ1) is 12.7. The van der Waals surface area contributed by atoms with E-state index in [1.54, 1.807) is 6.20 Å². The van der Waals surface area contributed by atoms with Crippen molar-refractivity contribution in [1.82, 2.24) is 15.0 Å². The summed E-state index contributed by atoms with van der Waals surface area (Å²) in [5.41, 5.74) is 10.1. The normalized spacial score (nSPS) is 13.6. The number of hydrogen-bond acceptors (Lipinski definition) is 4. The van der Waals surface area contributed by atoms with E-state index in [9.17, 15) is 0 Å². The summed E-state index contributed by atoms with van der Waals surface area (Å²) in [4.78, 5) is 13.7. The summed E-state index contributed by atoms with van der Waals surface area (Å²) in [6.07, 6.45) is 4.86. The molecule has 5 heteroatoms. The van der Waals surface area contributed by atoms with E-state index in [0.29, 0.717) is 11.6 Å². The minimum absolute atomic E-state index is 0.611. The first-order valence-corrected chi connectivity index (χ1v) is 7.72. The number of rotatable bonds is 1. The number of hydrogen-bond donors (Lipinski definition) is 1. The average molecular weight is 341 g/mol. The molecule has 3 aromatic rings. The van der Waals surface area contributed by atoms with Crippen molar-refractivity contribution in [2.45, 2.75) is 19.3 Å². The molecule has 4 rings (SSSR count). The highest BCUT2D eigenvalue weighted by Crippen LogP contribution is 2.32. The van der Waals surface area contributed by atoms with Gasteiger partial charge >= 0.3 is 0 Å². The largest absolute Gasteiger partial charge is 0.383 e. The molecule has 0 saturated heterocycles. The SMILES string of the molecule is Nc1nc(-c2ccc(Br)c3cccnc23)nc2c1CCC2. The Morgan fingerprint density at radius 2 is 2.00 bits per heavy atom. The number of nitrogen functional groups attached to an aromatic ring is 1. The third-order valence-corrected chi connectivity index (χ3v) is 4.61. The zero-order valence-electron chi connectivity index (χ0n) is 11.3. The zero-order chi connectivity index (χ0) is 14.4. The topological polar surface area (TPSA) is 64.7 Å². The molecule has 1 aliphatic rings. The van der Waals surface area contributed by atoms with Crippen molar-refractivity contribution >= 4 is 32.7 Å². The van der Waals surface area contributed by atoms with Crippen molar-refractivity contribution in [1.29, 1.82) is 0 Å². The number of fused-ring (bicyclic) bond motifs is 2.